The maximum Gasteiger partial charge on any atom is 0.238 e. The molecule has 3 heterocycles. The topological polar surface area (TPSA) is 66.5 Å². The number of amides is 1. The Morgan fingerprint density at radius 3 is 2.37 bits per heavy atom. The average Bonchev–Trinajstić information content (AvgIpc) is 3.40. The van der Waals surface area contributed by atoms with Crippen LogP contribution in [0.4, 0.5) is 11.4 Å². The van der Waals surface area contributed by atoms with Gasteiger partial charge in [-0.15, -0.1) is 0 Å². The molecule has 0 aliphatic carbocycles. The van der Waals surface area contributed by atoms with Gasteiger partial charge in [0, 0.05) is 27.9 Å². The SMILES string of the molecule is CCCc1ccc(C(=O)[C@@H]2[C@H](C(=O)C(C)(C)C)N3c4ccc(C)cc4C(C)=C[C@H]3[C@]23C(=O)Nc2ccccc23)cc1. The van der Waals surface area contributed by atoms with Crippen molar-refractivity contribution >= 4 is 34.4 Å². The fraction of sp³-hybridized carbons (Fsp3) is 0.361. The molecule has 0 saturated carbocycles. The number of nitrogens with one attached hydrogen (secondary N) is 1. The van der Waals surface area contributed by atoms with Crippen LogP contribution < -0.4 is 10.2 Å². The molecule has 6 rings (SSSR count). The zero-order chi connectivity index (χ0) is 29.3. The van der Waals surface area contributed by atoms with Gasteiger partial charge >= 0.3 is 0 Å². The molecule has 0 unspecified atom stereocenters. The quantitative estimate of drug-likeness (QED) is 0.353. The van der Waals surface area contributed by atoms with E-state index < -0.39 is 28.8 Å². The van der Waals surface area contributed by atoms with Crippen LogP contribution in [0.15, 0.2) is 72.8 Å². The molecule has 210 valence electrons. The summed E-state index contributed by atoms with van der Waals surface area (Å²) in [5.74, 6) is -1.36. The van der Waals surface area contributed by atoms with E-state index in [1.165, 1.54) is 0 Å². The highest BCUT2D eigenvalue weighted by molar-refractivity contribution is 6.17. The van der Waals surface area contributed by atoms with Gasteiger partial charge in [-0.25, -0.2) is 0 Å². The van der Waals surface area contributed by atoms with Gasteiger partial charge in [-0.3, -0.25) is 14.4 Å². The van der Waals surface area contributed by atoms with Crippen molar-refractivity contribution in [2.45, 2.75) is 71.9 Å². The summed E-state index contributed by atoms with van der Waals surface area (Å²) in [5, 5.41) is 3.11. The van der Waals surface area contributed by atoms with E-state index in [0.29, 0.717) is 11.3 Å². The van der Waals surface area contributed by atoms with Crippen molar-refractivity contribution in [2.75, 3.05) is 10.2 Å². The minimum atomic E-state index is -1.27. The van der Waals surface area contributed by atoms with Gasteiger partial charge < -0.3 is 10.2 Å². The first-order valence-electron chi connectivity index (χ1n) is 14.7. The van der Waals surface area contributed by atoms with Crippen LogP contribution in [0, 0.1) is 18.3 Å². The fourth-order valence-corrected chi connectivity index (χ4v) is 7.29. The zero-order valence-electron chi connectivity index (χ0n) is 24.7. The van der Waals surface area contributed by atoms with E-state index in [-0.39, 0.29) is 17.5 Å². The molecule has 4 atom stereocenters. The summed E-state index contributed by atoms with van der Waals surface area (Å²) in [4.78, 5) is 46.0. The highest BCUT2D eigenvalue weighted by Gasteiger charge is 2.71. The van der Waals surface area contributed by atoms with Crippen LogP contribution in [0.1, 0.15) is 73.7 Å². The summed E-state index contributed by atoms with van der Waals surface area (Å²) in [6, 6.07) is 20.3. The number of carbonyl (C=O) groups excluding carboxylic acids is 3. The number of hydrogen-bond donors (Lipinski definition) is 1. The Labute approximate surface area is 242 Å². The van der Waals surface area contributed by atoms with Crippen molar-refractivity contribution in [1.82, 2.24) is 0 Å². The summed E-state index contributed by atoms with van der Waals surface area (Å²) < 4.78 is 0. The minimum absolute atomic E-state index is 0.0445. The molecular weight excluding hydrogens is 508 g/mol. The highest BCUT2D eigenvalue weighted by Crippen LogP contribution is 2.59. The molecule has 1 amide bonds. The second kappa shape index (κ2) is 9.54. The van der Waals surface area contributed by atoms with Crippen LogP contribution in [0.5, 0.6) is 0 Å². The molecule has 0 radical (unpaired) electrons. The Bertz CT molecular complexity index is 1610. The van der Waals surface area contributed by atoms with E-state index >= 15 is 0 Å². The third-order valence-corrected chi connectivity index (χ3v) is 9.20. The molecule has 3 aromatic carbocycles. The normalized spacial score (nSPS) is 24.4. The van der Waals surface area contributed by atoms with E-state index in [0.717, 1.165) is 46.4 Å². The first kappa shape index (κ1) is 27.2. The van der Waals surface area contributed by atoms with Crippen LogP contribution in [-0.2, 0) is 21.4 Å². The second-order valence-electron chi connectivity index (χ2n) is 12.9. The summed E-state index contributed by atoms with van der Waals surface area (Å²) in [7, 11) is 0. The first-order chi connectivity index (χ1) is 19.5. The molecule has 1 saturated heterocycles. The third kappa shape index (κ3) is 3.93. The molecule has 0 bridgehead atoms. The number of benzene rings is 3. The Morgan fingerprint density at radius 1 is 0.976 bits per heavy atom. The van der Waals surface area contributed by atoms with Gasteiger partial charge in [-0.1, -0.05) is 94.3 Å². The highest BCUT2D eigenvalue weighted by atomic mass is 16.2. The Balaban J connectivity index is 1.66. The fourth-order valence-electron chi connectivity index (χ4n) is 7.29. The molecule has 41 heavy (non-hydrogen) atoms. The maximum atomic E-state index is 14.9. The predicted molar refractivity (Wildman–Crippen MR) is 164 cm³/mol. The van der Waals surface area contributed by atoms with Crippen molar-refractivity contribution in [3.05, 3.63) is 101 Å². The summed E-state index contributed by atoms with van der Waals surface area (Å²) >= 11 is 0. The van der Waals surface area contributed by atoms with Crippen molar-refractivity contribution in [3.8, 4) is 0 Å². The lowest BCUT2D eigenvalue weighted by molar-refractivity contribution is -0.128. The summed E-state index contributed by atoms with van der Waals surface area (Å²) in [6.45, 7) is 12.0. The van der Waals surface area contributed by atoms with Crippen LogP contribution in [0.25, 0.3) is 5.57 Å². The Morgan fingerprint density at radius 2 is 1.68 bits per heavy atom. The van der Waals surface area contributed by atoms with Gasteiger partial charge in [-0.05, 0) is 55.2 Å². The Hall–Kier alpha value is -3.99. The van der Waals surface area contributed by atoms with E-state index in [1.54, 1.807) is 0 Å². The molecule has 1 fully saturated rings. The van der Waals surface area contributed by atoms with Crippen molar-refractivity contribution in [3.63, 3.8) is 0 Å². The molecule has 3 aliphatic rings. The second-order valence-corrected chi connectivity index (χ2v) is 12.9. The number of fused-ring (bicyclic) bond motifs is 6. The number of allylic oxidation sites excluding steroid dienone is 1. The molecule has 0 aromatic heterocycles. The zero-order valence-corrected chi connectivity index (χ0v) is 24.7. The van der Waals surface area contributed by atoms with Crippen LogP contribution in [0.3, 0.4) is 0 Å². The number of nitrogens with zero attached hydrogens (tertiary/aromatic N) is 1. The number of ketones is 2. The van der Waals surface area contributed by atoms with Gasteiger partial charge in [0.2, 0.25) is 5.91 Å². The molecule has 1 spiro atoms. The van der Waals surface area contributed by atoms with Gasteiger partial charge in [0.05, 0.1) is 12.0 Å². The van der Waals surface area contributed by atoms with Gasteiger partial charge in [0.25, 0.3) is 0 Å². The summed E-state index contributed by atoms with van der Waals surface area (Å²) in [6.07, 6.45) is 4.06. The lowest BCUT2D eigenvalue weighted by Gasteiger charge is -2.40. The number of aryl methyl sites for hydroxylation is 2. The van der Waals surface area contributed by atoms with Crippen molar-refractivity contribution < 1.29 is 14.4 Å². The summed E-state index contributed by atoms with van der Waals surface area (Å²) in [5.41, 5.74) is 5.26. The first-order valence-corrected chi connectivity index (χ1v) is 14.7. The lowest BCUT2D eigenvalue weighted by atomic mass is 9.63. The van der Waals surface area contributed by atoms with Crippen molar-refractivity contribution in [2.24, 2.45) is 11.3 Å². The van der Waals surface area contributed by atoms with Gasteiger partial charge in [0.1, 0.15) is 11.5 Å². The molecular formula is C36H38N2O3. The molecule has 3 aromatic rings. The van der Waals surface area contributed by atoms with Gasteiger partial charge in [0.15, 0.2) is 11.6 Å². The third-order valence-electron chi connectivity index (χ3n) is 9.20. The average molecular weight is 547 g/mol. The van der Waals surface area contributed by atoms with E-state index in [9.17, 15) is 14.4 Å². The number of Topliss-reactive ketones (excluding diaryl/α,β-unsaturated/α-hetero) is 2. The number of para-hydroxylation sites is 1. The van der Waals surface area contributed by atoms with E-state index in [4.69, 9.17) is 0 Å². The number of hydrogen-bond acceptors (Lipinski definition) is 4. The largest absolute Gasteiger partial charge is 0.352 e. The van der Waals surface area contributed by atoms with E-state index in [1.807, 2.05) is 75.4 Å². The van der Waals surface area contributed by atoms with Crippen molar-refractivity contribution in [1.29, 1.82) is 0 Å². The molecule has 1 N–H and O–H groups in total. The Kier molecular flexibility index (Phi) is 6.33. The van der Waals surface area contributed by atoms with E-state index in [2.05, 4.69) is 49.2 Å². The number of carbonyl (C=O) groups is 3. The number of rotatable bonds is 5. The predicted octanol–water partition coefficient (Wildman–Crippen LogP) is 6.93. The molecule has 5 nitrogen and oxygen atoms in total. The van der Waals surface area contributed by atoms with Crippen LogP contribution >= 0.6 is 0 Å². The lowest BCUT2D eigenvalue weighted by Crippen LogP contribution is -2.51. The maximum absolute atomic E-state index is 14.9. The monoisotopic (exact) mass is 546 g/mol. The minimum Gasteiger partial charge on any atom is -0.352 e. The standard InChI is InChI=1S/C36H38N2O3/c1-7-10-23-14-16-24(17-15-23)32(39)30-31(33(40)35(4,5)6)38-28-18-13-21(2)19-25(28)22(3)20-29(38)36(30)26-11-8-9-12-27(26)37-34(36)41/h8-9,11-20,29-31H,7,10H2,1-6H3,(H,37,41)/t29-,30-,31+,36-/m0/s1. The molecule has 3 aliphatic heterocycles. The van der Waals surface area contributed by atoms with Crippen LogP contribution in [-0.4, -0.2) is 29.6 Å². The number of anilines is 2. The van der Waals surface area contributed by atoms with Gasteiger partial charge in [-0.2, -0.15) is 0 Å². The smallest absolute Gasteiger partial charge is 0.238 e. The van der Waals surface area contributed by atoms with Crippen LogP contribution in [0.2, 0.25) is 0 Å². The molecule has 5 heteroatoms.